The summed E-state index contributed by atoms with van der Waals surface area (Å²) in [6.07, 6.45) is 1.45. The van der Waals surface area contributed by atoms with Gasteiger partial charge in [-0.2, -0.15) is 0 Å². The Balaban J connectivity index is 1.63. The lowest BCUT2D eigenvalue weighted by molar-refractivity contribution is -0.174. The number of methoxy groups -OCH3 is 1. The van der Waals surface area contributed by atoms with Crippen LogP contribution in [0.3, 0.4) is 0 Å². The van der Waals surface area contributed by atoms with Crippen LogP contribution in [0.5, 0.6) is 0 Å². The number of hydrogen-bond donors (Lipinski definition) is 0. The van der Waals surface area contributed by atoms with Crippen molar-refractivity contribution in [2.75, 3.05) is 26.6 Å². The molecule has 2 aliphatic heterocycles. The summed E-state index contributed by atoms with van der Waals surface area (Å²) in [5.74, 6) is 0.00883. The van der Waals surface area contributed by atoms with E-state index in [1.807, 2.05) is 30.3 Å². The average molecular weight is 461 g/mol. The van der Waals surface area contributed by atoms with Crippen LogP contribution in [0.4, 0.5) is 0 Å². The van der Waals surface area contributed by atoms with Crippen molar-refractivity contribution in [3.8, 4) is 0 Å². The normalized spacial score (nSPS) is 30.0. The monoisotopic (exact) mass is 460 g/mol. The maximum Gasteiger partial charge on any atom is 0.158 e. The molecule has 7 heteroatoms. The molecule has 1 saturated heterocycles. The van der Waals surface area contributed by atoms with Gasteiger partial charge in [-0.25, -0.2) is 8.42 Å². The number of halogens is 1. The molecule has 0 amide bonds. The highest BCUT2D eigenvalue weighted by Crippen LogP contribution is 2.55. The van der Waals surface area contributed by atoms with Crippen LogP contribution in [0.2, 0.25) is 5.02 Å². The van der Waals surface area contributed by atoms with E-state index in [9.17, 15) is 8.42 Å². The summed E-state index contributed by atoms with van der Waals surface area (Å²) < 4.78 is 43.7. The highest BCUT2D eigenvalue weighted by atomic mass is 35.5. The second-order valence-electron chi connectivity index (χ2n) is 8.53. The minimum Gasteiger partial charge on any atom is -0.382 e. The zero-order chi connectivity index (χ0) is 21.8. The molecule has 5 rings (SSSR count). The third kappa shape index (κ3) is 3.64. The van der Waals surface area contributed by atoms with E-state index < -0.39 is 15.1 Å². The third-order valence-corrected chi connectivity index (χ3v) is 8.18. The lowest BCUT2D eigenvalue weighted by Gasteiger charge is -2.45. The first kappa shape index (κ1) is 21.2. The largest absolute Gasteiger partial charge is 0.382 e. The molecule has 0 spiro atoms. The van der Waals surface area contributed by atoms with E-state index in [1.54, 1.807) is 13.2 Å². The fourth-order valence-corrected chi connectivity index (χ4v) is 6.97. The van der Waals surface area contributed by atoms with Crippen LogP contribution < -0.4 is 0 Å². The Hall–Kier alpha value is -1.70. The molecule has 2 heterocycles. The van der Waals surface area contributed by atoms with Gasteiger partial charge in [0.2, 0.25) is 0 Å². The summed E-state index contributed by atoms with van der Waals surface area (Å²) in [5.41, 5.74) is 4.76. The Bertz CT molecular complexity index is 1130. The van der Waals surface area contributed by atoms with Crippen LogP contribution in [-0.4, -0.2) is 47.2 Å². The molecular formula is C24H25ClO5S. The minimum absolute atomic E-state index is 0.00883. The van der Waals surface area contributed by atoms with Gasteiger partial charge >= 0.3 is 0 Å². The number of rotatable bonds is 4. The summed E-state index contributed by atoms with van der Waals surface area (Å²) >= 11 is 6.26. The van der Waals surface area contributed by atoms with E-state index in [2.05, 4.69) is 12.1 Å². The molecule has 1 aliphatic carbocycles. The number of benzene rings is 2. The number of sulfone groups is 1. The highest BCUT2D eigenvalue weighted by Gasteiger charge is 2.50. The molecule has 0 aromatic heterocycles. The second-order valence-corrected chi connectivity index (χ2v) is 11.1. The lowest BCUT2D eigenvalue weighted by atomic mass is 9.77. The Morgan fingerprint density at radius 2 is 1.94 bits per heavy atom. The number of ether oxygens (including phenoxy) is 3. The summed E-state index contributed by atoms with van der Waals surface area (Å²) in [6.45, 7) is 0.677. The molecular weight excluding hydrogens is 436 g/mol. The molecule has 0 saturated carbocycles. The number of fused-ring (bicyclic) bond motifs is 4. The molecule has 31 heavy (non-hydrogen) atoms. The van der Waals surface area contributed by atoms with Crippen molar-refractivity contribution >= 4 is 27.0 Å². The van der Waals surface area contributed by atoms with E-state index >= 15 is 0 Å². The van der Waals surface area contributed by atoms with Crippen LogP contribution in [0, 0.1) is 5.92 Å². The van der Waals surface area contributed by atoms with Crippen LogP contribution in [0.15, 0.2) is 54.1 Å². The molecule has 1 unspecified atom stereocenters. The molecule has 5 nitrogen and oxygen atoms in total. The smallest absolute Gasteiger partial charge is 0.158 e. The quantitative estimate of drug-likeness (QED) is 0.677. The Kier molecular flexibility index (Phi) is 5.47. The van der Waals surface area contributed by atoms with Crippen molar-refractivity contribution in [3.05, 3.63) is 75.8 Å². The van der Waals surface area contributed by atoms with Gasteiger partial charge in [-0.1, -0.05) is 48.0 Å². The third-order valence-electron chi connectivity index (χ3n) is 6.55. The van der Waals surface area contributed by atoms with E-state index in [0.29, 0.717) is 18.1 Å². The Morgan fingerprint density at radius 3 is 2.65 bits per heavy atom. The maximum absolute atomic E-state index is 12.8. The van der Waals surface area contributed by atoms with Crippen molar-refractivity contribution in [2.24, 2.45) is 5.92 Å². The van der Waals surface area contributed by atoms with Crippen molar-refractivity contribution in [2.45, 2.75) is 30.0 Å². The summed E-state index contributed by atoms with van der Waals surface area (Å²) in [6, 6.07) is 15.7. The molecule has 164 valence electrons. The first-order valence-corrected chi connectivity index (χ1v) is 12.7. The molecule has 1 fully saturated rings. The SMILES string of the molecule is COC[C@H]1O[C@@H](c2ccccc2)C[C@H]2C3=C(CO[C@H]12)C(S(C)(=O)=O)c1cc(Cl)ccc13. The van der Waals surface area contributed by atoms with Gasteiger partial charge in [-0.3, -0.25) is 0 Å². The van der Waals surface area contributed by atoms with Crippen LogP contribution in [-0.2, 0) is 24.0 Å². The molecule has 0 bridgehead atoms. The minimum atomic E-state index is -3.38. The molecule has 0 N–H and O–H groups in total. The average Bonchev–Trinajstić information content (AvgIpc) is 3.08. The van der Waals surface area contributed by atoms with Gasteiger partial charge in [0.15, 0.2) is 9.84 Å². The van der Waals surface area contributed by atoms with Gasteiger partial charge in [-0.15, -0.1) is 0 Å². The predicted molar refractivity (Wildman–Crippen MR) is 120 cm³/mol. The maximum atomic E-state index is 12.8. The first-order valence-electron chi connectivity index (χ1n) is 10.4. The van der Waals surface area contributed by atoms with Gasteiger partial charge in [-0.05, 0) is 46.4 Å². The van der Waals surface area contributed by atoms with Crippen molar-refractivity contribution in [1.29, 1.82) is 0 Å². The van der Waals surface area contributed by atoms with Crippen molar-refractivity contribution < 1.29 is 22.6 Å². The Labute approximate surface area is 187 Å². The standard InChI is InChI=1S/C24H25ClO5S/c1-28-13-21-23-18(11-20(30-21)14-6-4-3-5-7-14)22-16-9-8-15(25)10-17(16)24(31(2,26)27)19(22)12-29-23/h3-10,18,20-21,23-24H,11-13H2,1-2H3/t18-,20+,21+,23-,24?/m0/s1. The molecule has 5 atom stereocenters. The summed E-state index contributed by atoms with van der Waals surface area (Å²) in [4.78, 5) is 0. The summed E-state index contributed by atoms with van der Waals surface area (Å²) in [7, 11) is -1.73. The van der Waals surface area contributed by atoms with Gasteiger partial charge in [0, 0.05) is 24.3 Å². The van der Waals surface area contributed by atoms with E-state index in [1.165, 1.54) is 6.26 Å². The van der Waals surface area contributed by atoms with Gasteiger partial charge < -0.3 is 14.2 Å². The predicted octanol–water partition coefficient (Wildman–Crippen LogP) is 4.38. The van der Waals surface area contributed by atoms with E-state index in [0.717, 1.165) is 27.8 Å². The topological polar surface area (TPSA) is 61.8 Å². The van der Waals surface area contributed by atoms with Crippen LogP contribution in [0.25, 0.3) is 5.57 Å². The molecule has 2 aromatic rings. The fraction of sp³-hybridized carbons (Fsp3) is 0.417. The second kappa shape index (κ2) is 8.01. The highest BCUT2D eigenvalue weighted by molar-refractivity contribution is 7.91. The molecule has 0 radical (unpaired) electrons. The lowest BCUT2D eigenvalue weighted by Crippen LogP contribution is -2.48. The van der Waals surface area contributed by atoms with Crippen molar-refractivity contribution in [1.82, 2.24) is 0 Å². The first-order chi connectivity index (χ1) is 14.9. The van der Waals surface area contributed by atoms with E-state index in [4.69, 9.17) is 25.8 Å². The van der Waals surface area contributed by atoms with Crippen molar-refractivity contribution in [3.63, 3.8) is 0 Å². The zero-order valence-corrected chi connectivity index (χ0v) is 19.0. The van der Waals surface area contributed by atoms with Gasteiger partial charge in [0.1, 0.15) is 11.4 Å². The van der Waals surface area contributed by atoms with Gasteiger partial charge in [0.05, 0.1) is 25.4 Å². The number of hydrogen-bond acceptors (Lipinski definition) is 5. The zero-order valence-electron chi connectivity index (χ0n) is 17.5. The van der Waals surface area contributed by atoms with Crippen LogP contribution >= 0.6 is 11.6 Å². The summed E-state index contributed by atoms with van der Waals surface area (Å²) in [5, 5.41) is -0.174. The van der Waals surface area contributed by atoms with E-state index in [-0.39, 0.29) is 30.8 Å². The van der Waals surface area contributed by atoms with Gasteiger partial charge in [0.25, 0.3) is 0 Å². The Morgan fingerprint density at radius 1 is 1.16 bits per heavy atom. The molecule has 3 aliphatic rings. The van der Waals surface area contributed by atoms with Crippen LogP contribution in [0.1, 0.15) is 34.5 Å². The molecule has 2 aromatic carbocycles. The fourth-order valence-electron chi connectivity index (χ4n) is 5.42.